The predicted octanol–water partition coefficient (Wildman–Crippen LogP) is 6.28. The lowest BCUT2D eigenvalue weighted by molar-refractivity contribution is 0.414. The minimum absolute atomic E-state index is 0.192. The van der Waals surface area contributed by atoms with Gasteiger partial charge >= 0.3 is 0 Å². The molecule has 5 heteroatoms. The molecule has 3 nitrogen and oxygen atoms in total. The number of thiazole rings is 1. The number of hydrogen-bond acceptors (Lipinski definition) is 4. The lowest BCUT2D eigenvalue weighted by Gasteiger charge is -2.28. The van der Waals surface area contributed by atoms with Gasteiger partial charge in [-0.1, -0.05) is 31.2 Å². The van der Waals surface area contributed by atoms with Crippen LogP contribution in [-0.4, -0.2) is 10.7 Å². The lowest BCUT2D eigenvalue weighted by Crippen LogP contribution is -2.15. The van der Waals surface area contributed by atoms with Crippen molar-refractivity contribution in [1.82, 2.24) is 4.98 Å². The number of allylic oxidation sites excluding steroid dienone is 2. The normalized spacial score (nSPS) is 15.4. The van der Waals surface area contributed by atoms with Gasteiger partial charge in [-0.2, -0.15) is 0 Å². The molecule has 1 aromatic heterocycles. The molecular weight excluding hydrogens is 393 g/mol. The van der Waals surface area contributed by atoms with E-state index in [-0.39, 0.29) is 5.82 Å². The quantitative estimate of drug-likeness (QED) is 0.458. The SMILES string of the molecule is C=C/C(=N\C=C(/C)N)c1ccc(C2CCC2)c(CCc2nc3ccccc3s2)c1F. The van der Waals surface area contributed by atoms with Gasteiger partial charge in [0.2, 0.25) is 0 Å². The molecule has 0 unspecified atom stereocenters. The van der Waals surface area contributed by atoms with Crippen molar-refractivity contribution in [1.29, 1.82) is 0 Å². The van der Waals surface area contributed by atoms with Gasteiger partial charge in [-0.15, -0.1) is 11.3 Å². The molecule has 154 valence electrons. The number of aliphatic imine (C=N–C) groups is 1. The summed E-state index contributed by atoms with van der Waals surface area (Å²) in [6.45, 7) is 5.57. The highest BCUT2D eigenvalue weighted by molar-refractivity contribution is 7.18. The first-order chi connectivity index (χ1) is 14.6. The highest BCUT2D eigenvalue weighted by atomic mass is 32.1. The summed E-state index contributed by atoms with van der Waals surface area (Å²) >= 11 is 1.69. The maximum Gasteiger partial charge on any atom is 0.136 e. The van der Waals surface area contributed by atoms with Crippen LogP contribution in [-0.2, 0) is 12.8 Å². The molecule has 0 atom stereocenters. The van der Waals surface area contributed by atoms with E-state index in [9.17, 15) is 0 Å². The maximum absolute atomic E-state index is 15.7. The van der Waals surface area contributed by atoms with Gasteiger partial charge in [-0.05, 0) is 67.5 Å². The Hall–Kier alpha value is -2.79. The van der Waals surface area contributed by atoms with Crippen LogP contribution in [0.25, 0.3) is 10.2 Å². The summed E-state index contributed by atoms with van der Waals surface area (Å²) < 4.78 is 16.9. The van der Waals surface area contributed by atoms with E-state index in [0.29, 0.717) is 29.3 Å². The van der Waals surface area contributed by atoms with E-state index in [4.69, 9.17) is 10.7 Å². The summed E-state index contributed by atoms with van der Waals surface area (Å²) in [6.07, 6.45) is 7.94. The smallest absolute Gasteiger partial charge is 0.136 e. The van der Waals surface area contributed by atoms with Gasteiger partial charge in [-0.3, -0.25) is 4.99 Å². The van der Waals surface area contributed by atoms with Crippen molar-refractivity contribution < 1.29 is 4.39 Å². The van der Waals surface area contributed by atoms with Gasteiger partial charge < -0.3 is 5.73 Å². The fraction of sp³-hybridized carbons (Fsp3) is 0.280. The molecule has 2 N–H and O–H groups in total. The molecule has 1 aliphatic carbocycles. The van der Waals surface area contributed by atoms with E-state index >= 15 is 4.39 Å². The van der Waals surface area contributed by atoms with Crippen molar-refractivity contribution in [3.8, 4) is 0 Å². The fourth-order valence-corrected chi connectivity index (χ4v) is 4.82. The Labute approximate surface area is 180 Å². The van der Waals surface area contributed by atoms with Crippen LogP contribution in [0.15, 0.2) is 65.9 Å². The van der Waals surface area contributed by atoms with Crippen molar-refractivity contribution in [2.24, 2.45) is 10.7 Å². The Bertz CT molecular complexity index is 1100. The number of benzene rings is 2. The van der Waals surface area contributed by atoms with Crippen molar-refractivity contribution in [3.63, 3.8) is 0 Å². The third-order valence-corrected chi connectivity index (χ3v) is 6.72. The van der Waals surface area contributed by atoms with Crippen LogP contribution in [0.1, 0.15) is 53.8 Å². The zero-order chi connectivity index (χ0) is 21.1. The molecule has 0 bridgehead atoms. The first-order valence-electron chi connectivity index (χ1n) is 10.4. The maximum atomic E-state index is 15.7. The highest BCUT2D eigenvalue weighted by Gasteiger charge is 2.25. The molecule has 1 fully saturated rings. The van der Waals surface area contributed by atoms with Gasteiger partial charge in [0.05, 0.1) is 20.9 Å². The summed E-state index contributed by atoms with van der Waals surface area (Å²) in [5, 5.41) is 1.04. The van der Waals surface area contributed by atoms with Gasteiger partial charge in [0.1, 0.15) is 5.82 Å². The van der Waals surface area contributed by atoms with Crippen LogP contribution >= 0.6 is 11.3 Å². The van der Waals surface area contributed by atoms with E-state index in [0.717, 1.165) is 40.9 Å². The second kappa shape index (κ2) is 8.92. The summed E-state index contributed by atoms with van der Waals surface area (Å²) in [4.78, 5) is 9.05. The van der Waals surface area contributed by atoms with Crippen LogP contribution in [0, 0.1) is 5.82 Å². The number of nitrogens with zero attached hydrogens (tertiary/aromatic N) is 2. The van der Waals surface area contributed by atoms with Gasteiger partial charge in [-0.25, -0.2) is 9.37 Å². The van der Waals surface area contributed by atoms with E-state index in [1.165, 1.54) is 17.3 Å². The average Bonchev–Trinajstić information content (AvgIpc) is 3.10. The second-order valence-corrected chi connectivity index (χ2v) is 8.90. The average molecular weight is 420 g/mol. The molecular formula is C25H26FN3S. The van der Waals surface area contributed by atoms with Crippen LogP contribution in [0.4, 0.5) is 4.39 Å². The highest BCUT2D eigenvalue weighted by Crippen LogP contribution is 2.40. The number of halogens is 1. The number of rotatable bonds is 7. The van der Waals surface area contributed by atoms with Crippen molar-refractivity contribution >= 4 is 27.3 Å². The third-order valence-electron chi connectivity index (χ3n) is 5.63. The molecule has 1 aliphatic rings. The fourth-order valence-electron chi connectivity index (χ4n) is 3.85. The minimum Gasteiger partial charge on any atom is -0.401 e. The van der Waals surface area contributed by atoms with Crippen molar-refractivity contribution in [2.45, 2.75) is 44.9 Å². The second-order valence-electron chi connectivity index (χ2n) is 7.79. The van der Waals surface area contributed by atoms with Crippen molar-refractivity contribution in [2.75, 3.05) is 0 Å². The van der Waals surface area contributed by atoms with E-state index in [1.54, 1.807) is 24.3 Å². The van der Waals surface area contributed by atoms with E-state index in [1.807, 2.05) is 24.3 Å². The molecule has 1 saturated carbocycles. The Kier molecular flexibility index (Phi) is 6.09. The number of fused-ring (bicyclic) bond motifs is 1. The van der Waals surface area contributed by atoms with Crippen LogP contribution < -0.4 is 5.73 Å². The standard InChI is InChI=1S/C25H26FN3S/c1-3-21(28-15-16(2)27)20-12-11-18(17-7-6-8-17)19(25(20)26)13-14-24-29-22-9-4-5-10-23(22)30-24/h3-5,9-12,15,17H,1,6-8,13-14,27H2,2H3/b16-15+,28-21+. The van der Waals surface area contributed by atoms with Gasteiger partial charge in [0, 0.05) is 23.9 Å². The third kappa shape index (κ3) is 4.21. The number of hydrogen-bond donors (Lipinski definition) is 1. The Morgan fingerprint density at radius 1 is 1.27 bits per heavy atom. The monoisotopic (exact) mass is 419 g/mol. The first kappa shape index (κ1) is 20.5. The Balaban J connectivity index is 1.69. The number of nitrogens with two attached hydrogens (primary N) is 1. The van der Waals surface area contributed by atoms with Gasteiger partial charge in [0.15, 0.2) is 0 Å². The predicted molar refractivity (Wildman–Crippen MR) is 125 cm³/mol. The molecule has 0 aliphatic heterocycles. The Morgan fingerprint density at radius 3 is 2.73 bits per heavy atom. The van der Waals surface area contributed by atoms with E-state index in [2.05, 4.69) is 23.7 Å². The summed E-state index contributed by atoms with van der Waals surface area (Å²) in [5.74, 6) is 0.261. The van der Waals surface area contributed by atoms with Crippen LogP contribution in [0.3, 0.4) is 0 Å². The van der Waals surface area contributed by atoms with Crippen LogP contribution in [0.2, 0.25) is 0 Å². The molecule has 1 heterocycles. The Morgan fingerprint density at radius 2 is 2.07 bits per heavy atom. The number of aryl methyl sites for hydroxylation is 1. The largest absolute Gasteiger partial charge is 0.401 e. The molecule has 3 aromatic rings. The molecule has 0 amide bonds. The summed E-state index contributed by atoms with van der Waals surface area (Å²) in [5.41, 5.74) is 10.2. The van der Waals surface area contributed by atoms with Gasteiger partial charge in [0.25, 0.3) is 0 Å². The summed E-state index contributed by atoms with van der Waals surface area (Å²) in [7, 11) is 0. The molecule has 4 rings (SSSR count). The minimum atomic E-state index is -0.192. The zero-order valence-corrected chi connectivity index (χ0v) is 18.0. The lowest BCUT2D eigenvalue weighted by atomic mass is 9.77. The van der Waals surface area contributed by atoms with E-state index < -0.39 is 0 Å². The summed E-state index contributed by atoms with van der Waals surface area (Å²) in [6, 6.07) is 12.0. The molecule has 0 saturated heterocycles. The zero-order valence-electron chi connectivity index (χ0n) is 17.2. The molecule has 0 radical (unpaired) electrons. The molecule has 2 aromatic carbocycles. The topological polar surface area (TPSA) is 51.3 Å². The number of aromatic nitrogens is 1. The first-order valence-corrected chi connectivity index (χ1v) is 11.2. The number of para-hydroxylation sites is 1. The van der Waals surface area contributed by atoms with Crippen molar-refractivity contribution in [3.05, 3.63) is 88.5 Å². The van der Waals surface area contributed by atoms with Crippen LogP contribution in [0.5, 0.6) is 0 Å². The molecule has 0 spiro atoms. The molecule has 30 heavy (non-hydrogen) atoms.